The molecular weight excluding hydrogens is 359 g/mol. The van der Waals surface area contributed by atoms with Gasteiger partial charge in [0, 0.05) is 19.2 Å². The average molecular weight is 382 g/mol. The van der Waals surface area contributed by atoms with Crippen LogP contribution in [0.25, 0.3) is 11.0 Å². The van der Waals surface area contributed by atoms with Crippen molar-refractivity contribution < 1.29 is 13.9 Å². The van der Waals surface area contributed by atoms with Crippen LogP contribution >= 0.6 is 0 Å². The number of carbonyl (C=O) groups excluding carboxylic acids is 1. The molecule has 3 N–H and O–H groups in total. The molecule has 28 heavy (non-hydrogen) atoms. The molecule has 6 nitrogen and oxygen atoms in total. The first-order chi connectivity index (χ1) is 13.6. The molecular formula is C21H23FN4O2. The summed E-state index contributed by atoms with van der Waals surface area (Å²) in [6, 6.07) is 12.2. The molecule has 0 radical (unpaired) electrons. The summed E-state index contributed by atoms with van der Waals surface area (Å²) >= 11 is 0. The highest BCUT2D eigenvalue weighted by molar-refractivity contribution is 5.98. The maximum Gasteiger partial charge on any atom is 0.256 e. The third kappa shape index (κ3) is 3.63. The molecule has 146 valence electrons. The summed E-state index contributed by atoms with van der Waals surface area (Å²) in [5.41, 5.74) is 2.02. The molecule has 1 aliphatic rings. The van der Waals surface area contributed by atoms with E-state index in [0.29, 0.717) is 36.3 Å². The molecule has 2 aromatic carbocycles. The molecule has 1 saturated heterocycles. The zero-order valence-corrected chi connectivity index (χ0v) is 15.7. The molecule has 4 rings (SSSR count). The number of H-pyrrole nitrogens is 1. The molecule has 1 aromatic heterocycles. The van der Waals surface area contributed by atoms with Crippen LogP contribution < -0.4 is 10.6 Å². The maximum atomic E-state index is 13.9. The Morgan fingerprint density at radius 1 is 1.25 bits per heavy atom. The number of piperidine rings is 1. The first kappa shape index (κ1) is 18.6. The highest BCUT2D eigenvalue weighted by Crippen LogP contribution is 2.26. The predicted octanol–water partition coefficient (Wildman–Crippen LogP) is 3.00. The fourth-order valence-corrected chi connectivity index (χ4v) is 3.65. The van der Waals surface area contributed by atoms with E-state index in [1.54, 1.807) is 25.3 Å². The van der Waals surface area contributed by atoms with E-state index in [1.165, 1.54) is 6.07 Å². The number of carbonyl (C=O) groups is 1. The highest BCUT2D eigenvalue weighted by atomic mass is 19.1. The number of ether oxygens (including phenoxy) is 1. The number of anilines is 1. The lowest BCUT2D eigenvalue weighted by Crippen LogP contribution is -2.51. The van der Waals surface area contributed by atoms with Gasteiger partial charge in [-0.3, -0.25) is 4.79 Å². The van der Waals surface area contributed by atoms with Gasteiger partial charge in [0.2, 0.25) is 0 Å². The minimum absolute atomic E-state index is 0.137. The Hall–Kier alpha value is -2.77. The second-order valence-electron chi connectivity index (χ2n) is 7.09. The quantitative estimate of drug-likeness (QED) is 0.634. The minimum Gasteiger partial charge on any atom is -0.368 e. The largest absolute Gasteiger partial charge is 0.368 e. The number of aromatic amines is 1. The van der Waals surface area contributed by atoms with Crippen LogP contribution in [-0.4, -0.2) is 41.7 Å². The van der Waals surface area contributed by atoms with Crippen LogP contribution in [0.4, 0.5) is 10.1 Å². The molecule has 0 atom stereocenters. The molecule has 0 bridgehead atoms. The number of aromatic nitrogens is 2. The molecule has 1 amide bonds. The van der Waals surface area contributed by atoms with Crippen molar-refractivity contribution >= 4 is 22.6 Å². The first-order valence-corrected chi connectivity index (χ1v) is 9.39. The van der Waals surface area contributed by atoms with Crippen LogP contribution in [0.2, 0.25) is 0 Å². The summed E-state index contributed by atoms with van der Waals surface area (Å²) in [6.07, 6.45) is 1.64. The molecule has 1 aliphatic heterocycles. The number of hydrogen-bond acceptors (Lipinski definition) is 4. The van der Waals surface area contributed by atoms with E-state index in [9.17, 15) is 9.18 Å². The van der Waals surface area contributed by atoms with Crippen molar-refractivity contribution in [2.45, 2.75) is 24.9 Å². The van der Waals surface area contributed by atoms with Crippen LogP contribution in [-0.2, 0) is 16.0 Å². The summed E-state index contributed by atoms with van der Waals surface area (Å²) in [7, 11) is 1.58. The zero-order valence-electron chi connectivity index (χ0n) is 15.7. The summed E-state index contributed by atoms with van der Waals surface area (Å²) < 4.78 is 19.5. The number of fused-ring (bicyclic) bond motifs is 1. The SMILES string of the molecule is COC1(C(=O)Nc2ccc3nc(Cc4ccccc4F)[nH]c3c2)CCNCC1. The lowest BCUT2D eigenvalue weighted by Gasteiger charge is -2.34. The first-order valence-electron chi connectivity index (χ1n) is 9.39. The Labute approximate surface area is 162 Å². The van der Waals surface area contributed by atoms with Gasteiger partial charge < -0.3 is 20.4 Å². The fraction of sp³-hybridized carbons (Fsp3) is 0.333. The molecule has 0 saturated carbocycles. The number of benzene rings is 2. The van der Waals surface area contributed by atoms with Gasteiger partial charge in [0.1, 0.15) is 17.2 Å². The monoisotopic (exact) mass is 382 g/mol. The average Bonchev–Trinajstić information content (AvgIpc) is 3.12. The lowest BCUT2D eigenvalue weighted by molar-refractivity contribution is -0.140. The van der Waals surface area contributed by atoms with Gasteiger partial charge >= 0.3 is 0 Å². The van der Waals surface area contributed by atoms with E-state index in [-0.39, 0.29) is 11.7 Å². The number of imidazole rings is 1. The van der Waals surface area contributed by atoms with Crippen molar-refractivity contribution in [1.29, 1.82) is 0 Å². The number of amides is 1. The molecule has 7 heteroatoms. The van der Waals surface area contributed by atoms with Gasteiger partial charge in [-0.25, -0.2) is 9.37 Å². The molecule has 2 heterocycles. The Balaban J connectivity index is 1.53. The second-order valence-corrected chi connectivity index (χ2v) is 7.09. The van der Waals surface area contributed by atoms with E-state index < -0.39 is 5.60 Å². The van der Waals surface area contributed by atoms with Gasteiger partial charge in [-0.15, -0.1) is 0 Å². The van der Waals surface area contributed by atoms with Gasteiger partial charge in [-0.1, -0.05) is 18.2 Å². The molecule has 0 aliphatic carbocycles. The fourth-order valence-electron chi connectivity index (χ4n) is 3.65. The lowest BCUT2D eigenvalue weighted by atomic mass is 9.91. The molecule has 3 aromatic rings. The summed E-state index contributed by atoms with van der Waals surface area (Å²) in [5, 5.41) is 6.21. The van der Waals surface area contributed by atoms with Crippen molar-refractivity contribution in [2.75, 3.05) is 25.5 Å². The normalized spacial score (nSPS) is 16.2. The van der Waals surface area contributed by atoms with Gasteiger partial charge in [0.05, 0.1) is 11.0 Å². The van der Waals surface area contributed by atoms with E-state index in [4.69, 9.17) is 4.74 Å². The number of nitrogens with one attached hydrogen (secondary N) is 3. The van der Waals surface area contributed by atoms with Gasteiger partial charge in [0.15, 0.2) is 0 Å². The number of methoxy groups -OCH3 is 1. The van der Waals surface area contributed by atoms with Crippen LogP contribution in [0.15, 0.2) is 42.5 Å². The van der Waals surface area contributed by atoms with E-state index in [2.05, 4.69) is 20.6 Å². The maximum absolute atomic E-state index is 13.9. The summed E-state index contributed by atoms with van der Waals surface area (Å²) in [5.74, 6) is 0.292. The number of halogens is 1. The highest BCUT2D eigenvalue weighted by Gasteiger charge is 2.39. The van der Waals surface area contributed by atoms with Crippen LogP contribution in [0.1, 0.15) is 24.2 Å². The van der Waals surface area contributed by atoms with Crippen LogP contribution in [0.3, 0.4) is 0 Å². The zero-order chi connectivity index (χ0) is 19.6. The Morgan fingerprint density at radius 2 is 2.04 bits per heavy atom. The van der Waals surface area contributed by atoms with Crippen molar-refractivity contribution in [3.05, 3.63) is 59.7 Å². The van der Waals surface area contributed by atoms with Crippen LogP contribution in [0.5, 0.6) is 0 Å². The Kier molecular flexibility index (Phi) is 5.11. The molecule has 1 fully saturated rings. The summed E-state index contributed by atoms with van der Waals surface area (Å²) in [6.45, 7) is 1.50. The smallest absolute Gasteiger partial charge is 0.256 e. The van der Waals surface area contributed by atoms with Gasteiger partial charge in [0.25, 0.3) is 5.91 Å². The standard InChI is InChI=1S/C21H23FN4O2/c1-28-21(8-10-23-11-9-21)20(27)24-15-6-7-17-18(13-15)26-19(25-17)12-14-4-2-3-5-16(14)22/h2-7,13,23H,8-12H2,1H3,(H,24,27)(H,25,26). The summed E-state index contributed by atoms with van der Waals surface area (Å²) in [4.78, 5) is 20.5. The van der Waals surface area contributed by atoms with E-state index in [0.717, 1.165) is 24.1 Å². The predicted molar refractivity (Wildman–Crippen MR) is 106 cm³/mol. The number of hydrogen-bond donors (Lipinski definition) is 3. The van der Waals surface area contributed by atoms with E-state index >= 15 is 0 Å². The molecule has 0 unspecified atom stereocenters. The number of rotatable bonds is 5. The third-order valence-electron chi connectivity index (χ3n) is 5.32. The third-order valence-corrected chi connectivity index (χ3v) is 5.32. The van der Waals surface area contributed by atoms with Crippen molar-refractivity contribution in [3.63, 3.8) is 0 Å². The Morgan fingerprint density at radius 3 is 2.79 bits per heavy atom. The topological polar surface area (TPSA) is 79.0 Å². The van der Waals surface area contributed by atoms with Crippen molar-refractivity contribution in [2.24, 2.45) is 0 Å². The number of nitrogens with zero attached hydrogens (tertiary/aromatic N) is 1. The minimum atomic E-state index is -0.801. The second kappa shape index (κ2) is 7.69. The van der Waals surface area contributed by atoms with Crippen LogP contribution in [0, 0.1) is 5.82 Å². The van der Waals surface area contributed by atoms with Crippen molar-refractivity contribution in [3.8, 4) is 0 Å². The van der Waals surface area contributed by atoms with Gasteiger partial charge in [-0.05, 0) is 55.8 Å². The molecule has 0 spiro atoms. The van der Waals surface area contributed by atoms with E-state index in [1.807, 2.05) is 18.2 Å². The Bertz CT molecular complexity index is 995. The van der Waals surface area contributed by atoms with Gasteiger partial charge in [-0.2, -0.15) is 0 Å². The van der Waals surface area contributed by atoms with Crippen molar-refractivity contribution in [1.82, 2.24) is 15.3 Å².